The van der Waals surface area contributed by atoms with Crippen molar-refractivity contribution in [1.29, 1.82) is 0 Å². The van der Waals surface area contributed by atoms with Crippen LogP contribution in [0.1, 0.15) is 30.8 Å². The second-order valence-electron chi connectivity index (χ2n) is 5.27. The van der Waals surface area contributed by atoms with Crippen molar-refractivity contribution in [2.24, 2.45) is 7.05 Å². The lowest BCUT2D eigenvalue weighted by molar-refractivity contribution is -0.122. The first-order valence-corrected chi connectivity index (χ1v) is 7.56. The predicted molar refractivity (Wildman–Crippen MR) is 86.7 cm³/mol. The Morgan fingerprint density at radius 2 is 2.17 bits per heavy atom. The van der Waals surface area contributed by atoms with E-state index in [0.717, 1.165) is 12.0 Å². The minimum atomic E-state index is -0.606. The van der Waals surface area contributed by atoms with Crippen molar-refractivity contribution < 1.29 is 9.59 Å². The highest BCUT2D eigenvalue weighted by molar-refractivity contribution is 5.97. The second kappa shape index (κ2) is 7.53. The molecule has 23 heavy (non-hydrogen) atoms. The summed E-state index contributed by atoms with van der Waals surface area (Å²) in [6.45, 7) is 4.22. The second-order valence-corrected chi connectivity index (χ2v) is 5.27. The van der Waals surface area contributed by atoms with Gasteiger partial charge in [0, 0.05) is 31.5 Å². The van der Waals surface area contributed by atoms with Crippen molar-refractivity contribution in [3.63, 3.8) is 0 Å². The van der Waals surface area contributed by atoms with Gasteiger partial charge in [-0.25, -0.2) is 0 Å². The largest absolute Gasteiger partial charge is 0.354 e. The normalized spacial score (nSPS) is 11.8. The first-order valence-electron chi connectivity index (χ1n) is 7.56. The molecule has 0 saturated carbocycles. The van der Waals surface area contributed by atoms with E-state index in [1.54, 1.807) is 32.4 Å². The number of pyridine rings is 1. The lowest BCUT2D eigenvalue weighted by Gasteiger charge is -2.13. The number of hydrogen-bond acceptors (Lipinski definition) is 4. The fourth-order valence-electron chi connectivity index (χ4n) is 2.07. The molecule has 7 nitrogen and oxygen atoms in total. The highest BCUT2D eigenvalue weighted by Gasteiger charge is 2.19. The van der Waals surface area contributed by atoms with Gasteiger partial charge in [-0.3, -0.25) is 19.3 Å². The van der Waals surface area contributed by atoms with Crippen molar-refractivity contribution in [2.45, 2.75) is 26.3 Å². The van der Waals surface area contributed by atoms with Crippen LogP contribution >= 0.6 is 0 Å². The number of amides is 2. The van der Waals surface area contributed by atoms with Crippen LogP contribution in [0.5, 0.6) is 0 Å². The van der Waals surface area contributed by atoms with Gasteiger partial charge in [0.2, 0.25) is 5.91 Å². The average molecular weight is 315 g/mol. The number of aryl methyl sites for hydroxylation is 1. The van der Waals surface area contributed by atoms with Crippen LogP contribution in [0.4, 0.5) is 0 Å². The predicted octanol–water partition coefficient (Wildman–Crippen LogP) is 1.13. The molecule has 2 aromatic rings. The van der Waals surface area contributed by atoms with Crippen molar-refractivity contribution in [3.8, 4) is 11.3 Å². The summed E-state index contributed by atoms with van der Waals surface area (Å²) in [5.74, 6) is -0.538. The Balaban J connectivity index is 2.08. The highest BCUT2D eigenvalue weighted by Crippen LogP contribution is 2.17. The molecule has 7 heteroatoms. The number of carbonyl (C=O) groups excluding carboxylic acids is 2. The molecule has 0 fully saturated rings. The maximum Gasteiger partial charge on any atom is 0.270 e. The Kier molecular flexibility index (Phi) is 5.46. The SMILES string of the molecule is CCCNC(=O)C(C)NC(=O)c1cc(-c2cccnc2)nn1C. The molecule has 122 valence electrons. The smallest absolute Gasteiger partial charge is 0.270 e. The summed E-state index contributed by atoms with van der Waals surface area (Å²) in [5, 5.41) is 9.75. The minimum absolute atomic E-state index is 0.199. The molecule has 2 amide bonds. The monoisotopic (exact) mass is 315 g/mol. The summed E-state index contributed by atoms with van der Waals surface area (Å²) in [6.07, 6.45) is 4.21. The molecule has 0 aliphatic heterocycles. The molecule has 0 aromatic carbocycles. The zero-order valence-corrected chi connectivity index (χ0v) is 13.5. The fourth-order valence-corrected chi connectivity index (χ4v) is 2.07. The third-order valence-corrected chi connectivity index (χ3v) is 3.36. The van der Waals surface area contributed by atoms with Crippen LogP contribution in [0.2, 0.25) is 0 Å². The summed E-state index contributed by atoms with van der Waals surface area (Å²) in [6, 6.07) is 4.76. The van der Waals surface area contributed by atoms with Gasteiger partial charge in [0.25, 0.3) is 5.91 Å². The van der Waals surface area contributed by atoms with Gasteiger partial charge in [0.05, 0.1) is 5.69 Å². The van der Waals surface area contributed by atoms with Gasteiger partial charge in [0.1, 0.15) is 11.7 Å². The molecule has 0 bridgehead atoms. The number of nitrogens with zero attached hydrogens (tertiary/aromatic N) is 3. The van der Waals surface area contributed by atoms with Crippen molar-refractivity contribution in [1.82, 2.24) is 25.4 Å². The molecule has 0 spiro atoms. The van der Waals surface area contributed by atoms with Crippen LogP contribution in [-0.2, 0) is 11.8 Å². The first-order chi connectivity index (χ1) is 11.0. The molecule has 1 unspecified atom stereocenters. The Labute approximate surface area is 135 Å². The molecule has 2 heterocycles. The molecule has 0 aliphatic carbocycles. The summed E-state index contributed by atoms with van der Waals surface area (Å²) >= 11 is 0. The standard InChI is InChI=1S/C16H21N5O2/c1-4-7-18-15(22)11(2)19-16(23)14-9-13(20-21(14)3)12-6-5-8-17-10-12/h5-6,8-11H,4,7H2,1-3H3,(H,18,22)(H,19,23). The van der Waals surface area contributed by atoms with Crippen LogP contribution in [0.3, 0.4) is 0 Å². The van der Waals surface area contributed by atoms with E-state index in [-0.39, 0.29) is 11.8 Å². The molecular weight excluding hydrogens is 294 g/mol. The Morgan fingerprint density at radius 1 is 1.39 bits per heavy atom. The summed E-state index contributed by atoms with van der Waals surface area (Å²) in [7, 11) is 1.69. The van der Waals surface area contributed by atoms with E-state index < -0.39 is 6.04 Å². The van der Waals surface area contributed by atoms with E-state index in [0.29, 0.717) is 17.9 Å². The van der Waals surface area contributed by atoms with Crippen LogP contribution in [-0.4, -0.2) is 39.2 Å². The summed E-state index contributed by atoms with van der Waals surface area (Å²) in [4.78, 5) is 28.2. The van der Waals surface area contributed by atoms with Crippen LogP contribution in [0.15, 0.2) is 30.6 Å². The Morgan fingerprint density at radius 3 is 2.83 bits per heavy atom. The van der Waals surface area contributed by atoms with Gasteiger partial charge in [-0.05, 0) is 31.5 Å². The lowest BCUT2D eigenvalue weighted by atomic mass is 10.2. The highest BCUT2D eigenvalue weighted by atomic mass is 16.2. The van der Waals surface area contributed by atoms with E-state index in [2.05, 4.69) is 20.7 Å². The summed E-state index contributed by atoms with van der Waals surface area (Å²) < 4.78 is 1.49. The van der Waals surface area contributed by atoms with Crippen molar-refractivity contribution in [2.75, 3.05) is 6.54 Å². The Bertz CT molecular complexity index is 681. The number of nitrogens with one attached hydrogen (secondary N) is 2. The molecule has 0 saturated heterocycles. The number of aromatic nitrogens is 3. The Hall–Kier alpha value is -2.70. The van der Waals surface area contributed by atoms with Crippen molar-refractivity contribution >= 4 is 11.8 Å². The minimum Gasteiger partial charge on any atom is -0.354 e. The van der Waals surface area contributed by atoms with E-state index in [1.165, 1.54) is 4.68 Å². The zero-order chi connectivity index (χ0) is 16.8. The summed E-state index contributed by atoms with van der Waals surface area (Å²) in [5.41, 5.74) is 1.88. The third kappa shape index (κ3) is 4.15. The average Bonchev–Trinajstić information content (AvgIpc) is 2.95. The zero-order valence-electron chi connectivity index (χ0n) is 13.5. The van der Waals surface area contributed by atoms with E-state index in [4.69, 9.17) is 0 Å². The van der Waals surface area contributed by atoms with E-state index in [1.807, 2.05) is 19.1 Å². The molecule has 0 radical (unpaired) electrons. The van der Waals surface area contributed by atoms with Gasteiger partial charge >= 0.3 is 0 Å². The van der Waals surface area contributed by atoms with E-state index in [9.17, 15) is 9.59 Å². The van der Waals surface area contributed by atoms with Gasteiger partial charge in [-0.1, -0.05) is 6.92 Å². The number of hydrogen-bond donors (Lipinski definition) is 2. The van der Waals surface area contributed by atoms with Crippen molar-refractivity contribution in [3.05, 3.63) is 36.3 Å². The number of carbonyl (C=O) groups is 2. The van der Waals surface area contributed by atoms with Gasteiger partial charge in [-0.2, -0.15) is 5.10 Å². The third-order valence-electron chi connectivity index (χ3n) is 3.36. The van der Waals surface area contributed by atoms with Crippen LogP contribution < -0.4 is 10.6 Å². The van der Waals surface area contributed by atoms with Crippen LogP contribution in [0.25, 0.3) is 11.3 Å². The lowest BCUT2D eigenvalue weighted by Crippen LogP contribution is -2.45. The first kappa shape index (κ1) is 16.7. The molecule has 0 aliphatic rings. The topological polar surface area (TPSA) is 88.9 Å². The van der Waals surface area contributed by atoms with Crippen LogP contribution in [0, 0.1) is 0 Å². The van der Waals surface area contributed by atoms with Gasteiger partial charge in [-0.15, -0.1) is 0 Å². The van der Waals surface area contributed by atoms with E-state index >= 15 is 0 Å². The fraction of sp³-hybridized carbons (Fsp3) is 0.375. The molecule has 1 atom stereocenters. The maximum atomic E-state index is 12.3. The molecule has 2 aromatic heterocycles. The maximum absolute atomic E-state index is 12.3. The van der Waals surface area contributed by atoms with Gasteiger partial charge < -0.3 is 10.6 Å². The molecule has 2 N–H and O–H groups in total. The van der Waals surface area contributed by atoms with Gasteiger partial charge in [0.15, 0.2) is 0 Å². The molecular formula is C16H21N5O2. The molecule has 2 rings (SSSR count). The quantitative estimate of drug-likeness (QED) is 0.836. The number of rotatable bonds is 6.